The molecule has 0 radical (unpaired) electrons. The van der Waals surface area contributed by atoms with Crippen LogP contribution in [0, 0.1) is 0 Å². The smallest absolute Gasteiger partial charge is 0.0991 e. The fourth-order valence-electron chi connectivity index (χ4n) is 2.36. The number of hydrogen-bond donors (Lipinski definition) is 1. The van der Waals surface area contributed by atoms with Crippen LogP contribution in [0.1, 0.15) is 49.9 Å². The highest BCUT2D eigenvalue weighted by molar-refractivity contribution is 7.20. The zero-order valence-corrected chi connectivity index (χ0v) is 14.0. The van der Waals surface area contributed by atoms with E-state index in [0.29, 0.717) is 6.04 Å². The van der Waals surface area contributed by atoms with Crippen LogP contribution in [0.3, 0.4) is 0 Å². The summed E-state index contributed by atoms with van der Waals surface area (Å²) in [4.78, 5) is 0. The fourth-order valence-corrected chi connectivity index (χ4v) is 4.01. The zero-order chi connectivity index (χ0) is 14.5. The predicted molar refractivity (Wildman–Crippen MR) is 90.0 cm³/mol. The van der Waals surface area contributed by atoms with Crippen molar-refractivity contribution < 1.29 is 0 Å². The zero-order valence-electron chi connectivity index (χ0n) is 11.7. The maximum Gasteiger partial charge on any atom is 0.0991 e. The summed E-state index contributed by atoms with van der Waals surface area (Å²) in [6, 6.07) is 13.0. The van der Waals surface area contributed by atoms with Gasteiger partial charge in [0.05, 0.1) is 8.67 Å². The number of nitrogens with one attached hydrogen (secondary N) is 1. The van der Waals surface area contributed by atoms with Crippen molar-refractivity contribution in [3.05, 3.63) is 56.2 Å². The van der Waals surface area contributed by atoms with Crippen LogP contribution in [-0.2, 0) is 0 Å². The van der Waals surface area contributed by atoms with Crippen LogP contribution in [-0.4, -0.2) is 0 Å². The second-order valence-corrected chi connectivity index (χ2v) is 7.21. The average Bonchev–Trinajstić information content (AvgIpc) is 2.78. The summed E-state index contributed by atoms with van der Waals surface area (Å²) in [5, 5.41) is 3.67. The molecule has 0 amide bonds. The van der Waals surface area contributed by atoms with Gasteiger partial charge in [0.15, 0.2) is 0 Å². The Morgan fingerprint density at radius 2 is 1.90 bits per heavy atom. The lowest BCUT2D eigenvalue weighted by molar-refractivity contribution is 0.440. The molecular weight excluding hydrogens is 309 g/mol. The highest BCUT2D eigenvalue weighted by atomic mass is 35.5. The van der Waals surface area contributed by atoms with Crippen LogP contribution >= 0.6 is 34.5 Å². The topological polar surface area (TPSA) is 12.0 Å². The Bertz CT molecular complexity index is 539. The van der Waals surface area contributed by atoms with E-state index in [2.05, 4.69) is 43.4 Å². The molecule has 0 aliphatic carbocycles. The van der Waals surface area contributed by atoms with Crippen molar-refractivity contribution >= 4 is 34.5 Å². The Balaban J connectivity index is 2.14. The third-order valence-corrected chi connectivity index (χ3v) is 4.90. The number of thiophene rings is 1. The molecular formula is C16H19Cl2NS. The first kappa shape index (κ1) is 15.8. The minimum absolute atomic E-state index is 0.183. The third kappa shape index (κ3) is 3.98. The van der Waals surface area contributed by atoms with E-state index in [0.717, 1.165) is 27.1 Å². The monoisotopic (exact) mass is 327 g/mol. The summed E-state index contributed by atoms with van der Waals surface area (Å²) < 4.78 is 1.52. The largest absolute Gasteiger partial charge is 0.303 e. The van der Waals surface area contributed by atoms with Gasteiger partial charge in [0.25, 0.3) is 0 Å². The van der Waals surface area contributed by atoms with Crippen LogP contribution < -0.4 is 5.32 Å². The first-order valence-corrected chi connectivity index (χ1v) is 8.44. The van der Waals surface area contributed by atoms with Gasteiger partial charge in [0.2, 0.25) is 0 Å². The number of hydrogen-bond acceptors (Lipinski definition) is 2. The third-order valence-electron chi connectivity index (χ3n) is 3.38. The summed E-state index contributed by atoms with van der Waals surface area (Å²) >= 11 is 13.7. The van der Waals surface area contributed by atoms with Gasteiger partial charge in [-0.1, -0.05) is 66.9 Å². The maximum atomic E-state index is 6.24. The van der Waals surface area contributed by atoms with Crippen LogP contribution in [0.4, 0.5) is 0 Å². The molecule has 1 aromatic heterocycles. The molecule has 0 spiro atoms. The van der Waals surface area contributed by atoms with Gasteiger partial charge in [-0.05, 0) is 30.5 Å². The normalized spacial score (nSPS) is 14.2. The second-order valence-electron chi connectivity index (χ2n) is 4.92. The minimum Gasteiger partial charge on any atom is -0.303 e. The lowest BCUT2D eigenvalue weighted by atomic mass is 10.0. The molecule has 2 aromatic rings. The summed E-state index contributed by atoms with van der Waals surface area (Å²) in [5.74, 6) is 0. The van der Waals surface area contributed by atoms with Crippen molar-refractivity contribution in [2.75, 3.05) is 0 Å². The van der Waals surface area contributed by atoms with Crippen molar-refractivity contribution in [2.24, 2.45) is 0 Å². The highest BCUT2D eigenvalue weighted by Gasteiger charge is 2.18. The standard InChI is InChI=1S/C16H19Cl2NS/c1-3-7-14(12-8-5-4-6-9-12)19-11(2)13-10-15(17)20-16(13)18/h4-6,8-11,14,19H,3,7H2,1-2H3. The second kappa shape index (κ2) is 7.46. The molecule has 108 valence electrons. The Kier molecular flexibility index (Phi) is 5.91. The quantitative estimate of drug-likeness (QED) is 0.661. The molecule has 0 aliphatic heterocycles. The summed E-state index contributed by atoms with van der Waals surface area (Å²) in [7, 11) is 0. The molecule has 2 unspecified atom stereocenters. The van der Waals surface area contributed by atoms with E-state index in [9.17, 15) is 0 Å². The molecule has 0 bridgehead atoms. The molecule has 1 heterocycles. The average molecular weight is 328 g/mol. The van der Waals surface area contributed by atoms with E-state index in [1.54, 1.807) is 0 Å². The van der Waals surface area contributed by atoms with Gasteiger partial charge in [0, 0.05) is 12.1 Å². The molecule has 2 atom stereocenters. The van der Waals surface area contributed by atoms with E-state index in [-0.39, 0.29) is 6.04 Å². The Hall–Kier alpha value is -0.540. The highest BCUT2D eigenvalue weighted by Crippen LogP contribution is 2.36. The number of benzene rings is 1. The fraction of sp³-hybridized carbons (Fsp3) is 0.375. The first-order valence-electron chi connectivity index (χ1n) is 6.87. The molecule has 0 saturated heterocycles. The first-order chi connectivity index (χ1) is 9.61. The lowest BCUT2D eigenvalue weighted by Gasteiger charge is -2.23. The molecule has 0 fully saturated rings. The minimum atomic E-state index is 0.183. The molecule has 4 heteroatoms. The van der Waals surface area contributed by atoms with Gasteiger partial charge in [0.1, 0.15) is 0 Å². The SMILES string of the molecule is CCCC(NC(C)c1cc(Cl)sc1Cl)c1ccccc1. The molecule has 1 nitrogen and oxygen atoms in total. The van der Waals surface area contributed by atoms with Crippen molar-refractivity contribution in [3.8, 4) is 0 Å². The van der Waals surface area contributed by atoms with E-state index in [4.69, 9.17) is 23.2 Å². The van der Waals surface area contributed by atoms with E-state index < -0.39 is 0 Å². The van der Waals surface area contributed by atoms with Gasteiger partial charge in [-0.15, -0.1) is 11.3 Å². The van der Waals surface area contributed by atoms with Crippen molar-refractivity contribution in [2.45, 2.75) is 38.8 Å². The predicted octanol–water partition coefficient (Wildman–Crippen LogP) is 6.25. The van der Waals surface area contributed by atoms with Crippen molar-refractivity contribution in [3.63, 3.8) is 0 Å². The van der Waals surface area contributed by atoms with Gasteiger partial charge in [-0.25, -0.2) is 0 Å². The molecule has 20 heavy (non-hydrogen) atoms. The van der Waals surface area contributed by atoms with Gasteiger partial charge >= 0.3 is 0 Å². The summed E-state index contributed by atoms with van der Waals surface area (Å²) in [5.41, 5.74) is 2.40. The van der Waals surface area contributed by atoms with Gasteiger partial charge in [-0.2, -0.15) is 0 Å². The van der Waals surface area contributed by atoms with Crippen LogP contribution in [0.25, 0.3) is 0 Å². The molecule has 0 aliphatic rings. The van der Waals surface area contributed by atoms with E-state index in [1.165, 1.54) is 16.9 Å². The van der Waals surface area contributed by atoms with Crippen molar-refractivity contribution in [1.82, 2.24) is 5.32 Å². The van der Waals surface area contributed by atoms with E-state index in [1.807, 2.05) is 12.1 Å². The Labute approximate surface area is 134 Å². The summed E-state index contributed by atoms with van der Waals surface area (Å²) in [6.07, 6.45) is 2.24. The van der Waals surface area contributed by atoms with Crippen LogP contribution in [0.15, 0.2) is 36.4 Å². The van der Waals surface area contributed by atoms with Gasteiger partial charge < -0.3 is 5.32 Å². The summed E-state index contributed by atoms with van der Waals surface area (Å²) in [6.45, 7) is 4.34. The molecule has 0 saturated carbocycles. The van der Waals surface area contributed by atoms with Crippen LogP contribution in [0.2, 0.25) is 8.67 Å². The lowest BCUT2D eigenvalue weighted by Crippen LogP contribution is -2.24. The number of halogens is 2. The number of rotatable bonds is 6. The maximum absolute atomic E-state index is 6.24. The van der Waals surface area contributed by atoms with E-state index >= 15 is 0 Å². The van der Waals surface area contributed by atoms with Crippen LogP contribution in [0.5, 0.6) is 0 Å². The van der Waals surface area contributed by atoms with Crippen molar-refractivity contribution in [1.29, 1.82) is 0 Å². The Morgan fingerprint density at radius 1 is 1.20 bits per heavy atom. The molecule has 2 rings (SSSR count). The molecule has 1 N–H and O–H groups in total. The Morgan fingerprint density at radius 3 is 2.45 bits per heavy atom. The molecule has 1 aromatic carbocycles. The van der Waals surface area contributed by atoms with Gasteiger partial charge in [-0.3, -0.25) is 0 Å².